The zero-order chi connectivity index (χ0) is 10.2. The quantitative estimate of drug-likeness (QED) is 0.560. The van der Waals surface area contributed by atoms with Crippen molar-refractivity contribution >= 4 is 0 Å². The molecule has 0 aromatic heterocycles. The zero-order valence-electron chi connectivity index (χ0n) is 8.22. The van der Waals surface area contributed by atoms with Crippen molar-refractivity contribution in [2.24, 2.45) is 5.92 Å². The van der Waals surface area contributed by atoms with E-state index in [4.69, 9.17) is 4.74 Å². The SMILES string of the molecule is OC1OC[C@@](O)(C2CCCCC2)[C@@H]1O. The third-order valence-electron chi connectivity index (χ3n) is 3.58. The molecule has 82 valence electrons. The van der Waals surface area contributed by atoms with Crippen molar-refractivity contribution in [3.05, 3.63) is 0 Å². The highest BCUT2D eigenvalue weighted by atomic mass is 16.6. The molecular formula is C10H18O4. The van der Waals surface area contributed by atoms with E-state index in [1.165, 1.54) is 6.42 Å². The number of aliphatic hydroxyl groups excluding tert-OH is 2. The molecular weight excluding hydrogens is 184 g/mol. The predicted molar refractivity (Wildman–Crippen MR) is 49.5 cm³/mol. The molecule has 1 aliphatic carbocycles. The molecule has 0 aromatic carbocycles. The normalized spacial score (nSPS) is 45.6. The third kappa shape index (κ3) is 1.56. The predicted octanol–water partition coefficient (Wildman–Crippen LogP) is 0.00730. The van der Waals surface area contributed by atoms with E-state index in [2.05, 4.69) is 0 Å². The second-order valence-corrected chi connectivity index (χ2v) is 4.47. The highest BCUT2D eigenvalue weighted by Crippen LogP contribution is 2.39. The lowest BCUT2D eigenvalue weighted by Crippen LogP contribution is -2.50. The van der Waals surface area contributed by atoms with Gasteiger partial charge in [-0.1, -0.05) is 19.3 Å². The van der Waals surface area contributed by atoms with Crippen LogP contribution in [-0.4, -0.2) is 39.9 Å². The van der Waals surface area contributed by atoms with Gasteiger partial charge in [0.05, 0.1) is 6.61 Å². The second kappa shape index (κ2) is 3.77. The number of hydrogen-bond donors (Lipinski definition) is 3. The Labute approximate surface area is 83.5 Å². The first-order valence-electron chi connectivity index (χ1n) is 5.35. The van der Waals surface area contributed by atoms with Gasteiger partial charge in [-0.2, -0.15) is 0 Å². The first-order chi connectivity index (χ1) is 6.64. The minimum Gasteiger partial charge on any atom is -0.385 e. The van der Waals surface area contributed by atoms with Crippen LogP contribution in [0.25, 0.3) is 0 Å². The van der Waals surface area contributed by atoms with Gasteiger partial charge in [0.1, 0.15) is 11.7 Å². The Balaban J connectivity index is 2.06. The molecule has 2 rings (SSSR count). The Morgan fingerprint density at radius 2 is 1.71 bits per heavy atom. The Kier molecular flexibility index (Phi) is 2.79. The smallest absolute Gasteiger partial charge is 0.183 e. The summed E-state index contributed by atoms with van der Waals surface area (Å²) in [6, 6.07) is 0. The van der Waals surface area contributed by atoms with Crippen molar-refractivity contribution in [2.45, 2.75) is 50.1 Å². The van der Waals surface area contributed by atoms with Crippen LogP contribution in [0, 0.1) is 5.92 Å². The average molecular weight is 202 g/mol. The van der Waals surface area contributed by atoms with Crippen LogP contribution in [0.3, 0.4) is 0 Å². The largest absolute Gasteiger partial charge is 0.385 e. The van der Waals surface area contributed by atoms with Crippen molar-refractivity contribution < 1.29 is 20.1 Å². The summed E-state index contributed by atoms with van der Waals surface area (Å²) >= 11 is 0. The molecule has 0 radical (unpaired) electrons. The summed E-state index contributed by atoms with van der Waals surface area (Å²) in [5, 5.41) is 29.1. The molecule has 0 bridgehead atoms. The Hall–Kier alpha value is -0.160. The van der Waals surface area contributed by atoms with Crippen molar-refractivity contribution in [1.29, 1.82) is 0 Å². The van der Waals surface area contributed by atoms with Crippen LogP contribution in [0.5, 0.6) is 0 Å². The third-order valence-corrected chi connectivity index (χ3v) is 3.58. The molecule has 4 heteroatoms. The van der Waals surface area contributed by atoms with Crippen LogP contribution in [0.4, 0.5) is 0 Å². The second-order valence-electron chi connectivity index (χ2n) is 4.47. The van der Waals surface area contributed by atoms with E-state index in [0.29, 0.717) is 0 Å². The zero-order valence-corrected chi connectivity index (χ0v) is 8.22. The van der Waals surface area contributed by atoms with Crippen molar-refractivity contribution in [2.75, 3.05) is 6.61 Å². The maximum atomic E-state index is 10.2. The first kappa shape index (κ1) is 10.4. The summed E-state index contributed by atoms with van der Waals surface area (Å²) in [4.78, 5) is 0. The maximum Gasteiger partial charge on any atom is 0.183 e. The van der Waals surface area contributed by atoms with E-state index < -0.39 is 18.0 Å². The van der Waals surface area contributed by atoms with Crippen molar-refractivity contribution in [1.82, 2.24) is 0 Å². The van der Waals surface area contributed by atoms with E-state index in [9.17, 15) is 15.3 Å². The average Bonchev–Trinajstić information content (AvgIpc) is 2.49. The van der Waals surface area contributed by atoms with Gasteiger partial charge in [0, 0.05) is 0 Å². The molecule has 1 heterocycles. The minimum atomic E-state index is -1.22. The lowest BCUT2D eigenvalue weighted by Gasteiger charge is -2.36. The molecule has 0 aromatic rings. The Bertz CT molecular complexity index is 202. The molecule has 1 unspecified atom stereocenters. The molecule has 4 nitrogen and oxygen atoms in total. The highest BCUT2D eigenvalue weighted by Gasteiger charge is 2.52. The van der Waals surface area contributed by atoms with Crippen LogP contribution in [0.15, 0.2) is 0 Å². The van der Waals surface area contributed by atoms with Crippen molar-refractivity contribution in [3.63, 3.8) is 0 Å². The molecule has 2 aliphatic rings. The van der Waals surface area contributed by atoms with Crippen molar-refractivity contribution in [3.8, 4) is 0 Å². The van der Waals surface area contributed by atoms with E-state index in [-0.39, 0.29) is 12.5 Å². The van der Waals surface area contributed by atoms with Crippen LogP contribution >= 0.6 is 0 Å². The summed E-state index contributed by atoms with van der Waals surface area (Å²) in [5.74, 6) is 0.0726. The lowest BCUT2D eigenvalue weighted by atomic mass is 9.75. The number of rotatable bonds is 1. The highest BCUT2D eigenvalue weighted by molar-refractivity contribution is 4.99. The van der Waals surface area contributed by atoms with Gasteiger partial charge in [0.2, 0.25) is 0 Å². The Morgan fingerprint density at radius 1 is 1.07 bits per heavy atom. The van der Waals surface area contributed by atoms with Crippen LogP contribution < -0.4 is 0 Å². The standard InChI is InChI=1S/C10H18O4/c11-8-9(12)14-6-10(8,13)7-4-2-1-3-5-7/h7-9,11-13H,1-6H2/t8-,9?,10-/m1/s1. The molecule has 1 saturated heterocycles. The van der Waals surface area contributed by atoms with Crippen LogP contribution in [0.1, 0.15) is 32.1 Å². The lowest BCUT2D eigenvalue weighted by molar-refractivity contribution is -0.135. The van der Waals surface area contributed by atoms with Gasteiger partial charge >= 0.3 is 0 Å². The fraction of sp³-hybridized carbons (Fsp3) is 1.00. The summed E-state index contributed by atoms with van der Waals surface area (Å²) in [6.45, 7) is 0.0556. The first-order valence-corrected chi connectivity index (χ1v) is 5.35. The number of hydrogen-bond acceptors (Lipinski definition) is 4. The van der Waals surface area contributed by atoms with Gasteiger partial charge in [-0.25, -0.2) is 0 Å². The molecule has 3 N–H and O–H groups in total. The summed E-state index contributed by atoms with van der Waals surface area (Å²) < 4.78 is 4.89. The van der Waals surface area contributed by atoms with E-state index in [1.54, 1.807) is 0 Å². The van der Waals surface area contributed by atoms with Gasteiger partial charge in [-0.3, -0.25) is 0 Å². The van der Waals surface area contributed by atoms with Gasteiger partial charge in [0.15, 0.2) is 6.29 Å². The van der Waals surface area contributed by atoms with Crippen LogP contribution in [-0.2, 0) is 4.74 Å². The fourth-order valence-corrected chi connectivity index (χ4v) is 2.60. The number of aliphatic hydroxyl groups is 3. The monoisotopic (exact) mass is 202 g/mol. The van der Waals surface area contributed by atoms with E-state index >= 15 is 0 Å². The van der Waals surface area contributed by atoms with E-state index in [1.807, 2.05) is 0 Å². The summed E-state index contributed by atoms with van der Waals surface area (Å²) in [6.07, 6.45) is 2.86. The molecule has 14 heavy (non-hydrogen) atoms. The molecule has 2 fully saturated rings. The molecule has 0 spiro atoms. The number of ether oxygens (including phenoxy) is 1. The minimum absolute atomic E-state index is 0.0556. The molecule has 1 saturated carbocycles. The fourth-order valence-electron chi connectivity index (χ4n) is 2.60. The summed E-state index contributed by atoms with van der Waals surface area (Å²) in [5.41, 5.74) is -1.22. The molecule has 0 amide bonds. The van der Waals surface area contributed by atoms with Gasteiger partial charge in [-0.15, -0.1) is 0 Å². The Morgan fingerprint density at radius 3 is 2.21 bits per heavy atom. The topological polar surface area (TPSA) is 69.9 Å². The van der Waals surface area contributed by atoms with E-state index in [0.717, 1.165) is 25.7 Å². The van der Waals surface area contributed by atoms with Gasteiger partial charge in [-0.05, 0) is 18.8 Å². The van der Waals surface area contributed by atoms with Gasteiger partial charge in [0.25, 0.3) is 0 Å². The van der Waals surface area contributed by atoms with Crippen LogP contribution in [0.2, 0.25) is 0 Å². The molecule has 1 aliphatic heterocycles. The molecule has 3 atom stereocenters. The summed E-state index contributed by atoms with van der Waals surface area (Å²) in [7, 11) is 0. The maximum absolute atomic E-state index is 10.2. The van der Waals surface area contributed by atoms with Gasteiger partial charge < -0.3 is 20.1 Å².